The number of nitrogens with one attached hydrogen (secondary N) is 1. The molecule has 0 radical (unpaired) electrons. The highest BCUT2D eigenvalue weighted by Gasteiger charge is 2.27. The third kappa shape index (κ3) is 5.19. The zero-order chi connectivity index (χ0) is 20.0. The maximum Gasteiger partial charge on any atom is 0.245 e. The zero-order valence-electron chi connectivity index (χ0n) is 14.8. The fourth-order valence-electron chi connectivity index (χ4n) is 2.48. The number of carbonyl (C=O) groups excluding carboxylic acids is 1. The van der Waals surface area contributed by atoms with Gasteiger partial charge in [-0.25, -0.2) is 8.42 Å². The number of halogens is 1. The van der Waals surface area contributed by atoms with E-state index in [1.807, 2.05) is 0 Å². The second kappa shape index (κ2) is 9.01. The van der Waals surface area contributed by atoms with Gasteiger partial charge >= 0.3 is 0 Å². The standard InChI is InChI=1S/C19H18ClN3O4S/c20-16-7-5-15(6-8-16)13-23(28(25,26)18-4-1-9-21-12-18)14-19(24)22-11-17-3-2-10-27-17/h1-10,12H,11,13-14H2,(H,22,24). The van der Waals surface area contributed by atoms with Crippen LogP contribution in [0.15, 0.2) is 76.5 Å². The number of hydrogen-bond acceptors (Lipinski definition) is 5. The summed E-state index contributed by atoms with van der Waals surface area (Å²) >= 11 is 5.90. The number of sulfonamides is 1. The second-order valence-electron chi connectivity index (χ2n) is 5.94. The van der Waals surface area contributed by atoms with Crippen LogP contribution in [0.4, 0.5) is 0 Å². The number of aromatic nitrogens is 1. The van der Waals surface area contributed by atoms with Crippen LogP contribution in [0, 0.1) is 0 Å². The van der Waals surface area contributed by atoms with Crippen molar-refractivity contribution in [3.05, 3.63) is 83.5 Å². The molecule has 0 aliphatic rings. The maximum atomic E-state index is 13.0. The number of nitrogens with zero attached hydrogens (tertiary/aromatic N) is 2. The summed E-state index contributed by atoms with van der Waals surface area (Å²) in [7, 11) is -3.92. The van der Waals surface area contributed by atoms with Crippen LogP contribution >= 0.6 is 11.6 Å². The molecule has 1 amide bonds. The van der Waals surface area contributed by atoms with E-state index in [0.29, 0.717) is 16.3 Å². The van der Waals surface area contributed by atoms with Gasteiger partial charge in [-0.1, -0.05) is 23.7 Å². The van der Waals surface area contributed by atoms with Gasteiger partial charge in [-0.15, -0.1) is 0 Å². The molecule has 3 aromatic rings. The Morgan fingerprint density at radius 2 is 1.93 bits per heavy atom. The lowest BCUT2D eigenvalue weighted by Gasteiger charge is -2.21. The van der Waals surface area contributed by atoms with Crippen LogP contribution in [0.25, 0.3) is 0 Å². The molecule has 0 saturated heterocycles. The van der Waals surface area contributed by atoms with Crippen LogP contribution in [0.5, 0.6) is 0 Å². The van der Waals surface area contributed by atoms with Gasteiger partial charge in [-0.2, -0.15) is 4.31 Å². The number of furan rings is 1. The molecule has 0 aliphatic carbocycles. The highest BCUT2D eigenvalue weighted by atomic mass is 35.5. The molecular weight excluding hydrogens is 402 g/mol. The quantitative estimate of drug-likeness (QED) is 0.606. The van der Waals surface area contributed by atoms with Crippen molar-refractivity contribution >= 4 is 27.5 Å². The van der Waals surface area contributed by atoms with Crippen LogP contribution < -0.4 is 5.32 Å². The molecular formula is C19H18ClN3O4S. The number of benzene rings is 1. The lowest BCUT2D eigenvalue weighted by molar-refractivity contribution is -0.121. The van der Waals surface area contributed by atoms with Crippen molar-refractivity contribution in [3.8, 4) is 0 Å². The van der Waals surface area contributed by atoms with Crippen molar-refractivity contribution in [2.75, 3.05) is 6.54 Å². The topological polar surface area (TPSA) is 92.5 Å². The predicted octanol–water partition coefficient (Wildman–Crippen LogP) is 2.84. The predicted molar refractivity (Wildman–Crippen MR) is 104 cm³/mol. The molecule has 0 atom stereocenters. The molecule has 0 saturated carbocycles. The molecule has 2 aromatic heterocycles. The summed E-state index contributed by atoms with van der Waals surface area (Å²) in [5.74, 6) is 0.130. The first-order chi connectivity index (χ1) is 13.4. The molecule has 0 unspecified atom stereocenters. The zero-order valence-corrected chi connectivity index (χ0v) is 16.4. The normalized spacial score (nSPS) is 11.5. The van der Waals surface area contributed by atoms with Crippen molar-refractivity contribution in [1.29, 1.82) is 0 Å². The highest BCUT2D eigenvalue weighted by molar-refractivity contribution is 7.89. The third-order valence-electron chi connectivity index (χ3n) is 3.90. The Morgan fingerprint density at radius 3 is 2.57 bits per heavy atom. The van der Waals surface area contributed by atoms with Gasteiger partial charge in [0.15, 0.2) is 0 Å². The fourth-order valence-corrected chi connectivity index (χ4v) is 3.96. The number of pyridine rings is 1. The summed E-state index contributed by atoms with van der Waals surface area (Å²) < 4.78 is 32.3. The first-order valence-electron chi connectivity index (χ1n) is 8.39. The Kier molecular flexibility index (Phi) is 6.45. The average molecular weight is 420 g/mol. The summed E-state index contributed by atoms with van der Waals surface area (Å²) in [5, 5.41) is 3.20. The molecule has 146 valence electrons. The molecule has 28 heavy (non-hydrogen) atoms. The van der Waals surface area contributed by atoms with Gasteiger partial charge in [0.05, 0.1) is 19.4 Å². The Bertz CT molecular complexity index is 1010. The van der Waals surface area contributed by atoms with Crippen LogP contribution in [-0.4, -0.2) is 30.2 Å². The lowest BCUT2D eigenvalue weighted by Crippen LogP contribution is -2.40. The minimum Gasteiger partial charge on any atom is -0.467 e. The minimum atomic E-state index is -3.92. The van der Waals surface area contributed by atoms with E-state index in [9.17, 15) is 13.2 Å². The number of hydrogen-bond donors (Lipinski definition) is 1. The van der Waals surface area contributed by atoms with Crippen LogP contribution in [0.1, 0.15) is 11.3 Å². The molecule has 0 bridgehead atoms. The van der Waals surface area contributed by atoms with Gasteiger partial charge in [0, 0.05) is 24.0 Å². The first kappa shape index (κ1) is 20.1. The van der Waals surface area contributed by atoms with Crippen molar-refractivity contribution in [2.45, 2.75) is 18.0 Å². The Hall–Kier alpha value is -2.68. The molecule has 7 nitrogen and oxygen atoms in total. The van der Waals surface area contributed by atoms with E-state index in [-0.39, 0.29) is 24.5 Å². The van der Waals surface area contributed by atoms with E-state index in [4.69, 9.17) is 16.0 Å². The molecule has 0 spiro atoms. The number of rotatable bonds is 8. The van der Waals surface area contributed by atoms with Crippen LogP contribution in [0.3, 0.4) is 0 Å². The van der Waals surface area contributed by atoms with E-state index in [1.165, 1.54) is 30.8 Å². The maximum absolute atomic E-state index is 13.0. The molecule has 1 N–H and O–H groups in total. The van der Waals surface area contributed by atoms with Gasteiger partial charge in [-0.3, -0.25) is 9.78 Å². The lowest BCUT2D eigenvalue weighted by atomic mass is 10.2. The van der Waals surface area contributed by atoms with E-state index in [2.05, 4.69) is 10.3 Å². The van der Waals surface area contributed by atoms with Gasteiger partial charge in [0.1, 0.15) is 10.7 Å². The smallest absolute Gasteiger partial charge is 0.245 e. The van der Waals surface area contributed by atoms with E-state index in [1.54, 1.807) is 36.4 Å². The monoisotopic (exact) mass is 419 g/mol. The minimum absolute atomic E-state index is 0.0164. The van der Waals surface area contributed by atoms with Gasteiger partial charge in [0.2, 0.25) is 15.9 Å². The first-order valence-corrected chi connectivity index (χ1v) is 10.2. The third-order valence-corrected chi connectivity index (χ3v) is 5.93. The largest absolute Gasteiger partial charge is 0.467 e. The summed E-state index contributed by atoms with van der Waals surface area (Å²) in [6.07, 6.45) is 4.24. The van der Waals surface area contributed by atoms with Crippen molar-refractivity contribution in [2.24, 2.45) is 0 Å². The summed E-state index contributed by atoms with van der Waals surface area (Å²) in [4.78, 5) is 16.3. The number of amides is 1. The summed E-state index contributed by atoms with van der Waals surface area (Å²) in [5.41, 5.74) is 0.704. The molecule has 2 heterocycles. The molecule has 1 aromatic carbocycles. The average Bonchev–Trinajstić information content (AvgIpc) is 3.22. The molecule has 0 fully saturated rings. The van der Waals surface area contributed by atoms with E-state index in [0.717, 1.165) is 4.31 Å². The van der Waals surface area contributed by atoms with E-state index >= 15 is 0 Å². The molecule has 9 heteroatoms. The van der Waals surface area contributed by atoms with Crippen molar-refractivity contribution in [1.82, 2.24) is 14.6 Å². The highest BCUT2D eigenvalue weighted by Crippen LogP contribution is 2.18. The second-order valence-corrected chi connectivity index (χ2v) is 8.32. The molecule has 3 rings (SSSR count). The Morgan fingerprint density at radius 1 is 1.14 bits per heavy atom. The van der Waals surface area contributed by atoms with Gasteiger partial charge < -0.3 is 9.73 Å². The van der Waals surface area contributed by atoms with Gasteiger partial charge in [0.25, 0.3) is 0 Å². The fraction of sp³-hybridized carbons (Fsp3) is 0.158. The summed E-state index contributed by atoms with van der Waals surface area (Å²) in [6, 6.07) is 13.2. The number of carbonyl (C=O) groups is 1. The van der Waals surface area contributed by atoms with Crippen molar-refractivity contribution in [3.63, 3.8) is 0 Å². The Labute approximate surface area is 168 Å². The van der Waals surface area contributed by atoms with Gasteiger partial charge in [-0.05, 0) is 42.0 Å². The van der Waals surface area contributed by atoms with Crippen molar-refractivity contribution < 1.29 is 17.6 Å². The van der Waals surface area contributed by atoms with Crippen LogP contribution in [0.2, 0.25) is 5.02 Å². The van der Waals surface area contributed by atoms with Crippen LogP contribution in [-0.2, 0) is 27.9 Å². The SMILES string of the molecule is O=C(CN(Cc1ccc(Cl)cc1)S(=O)(=O)c1cccnc1)NCc1ccco1. The molecule has 0 aliphatic heterocycles. The van der Waals surface area contributed by atoms with E-state index < -0.39 is 15.9 Å². The Balaban J connectivity index is 1.79. The summed E-state index contributed by atoms with van der Waals surface area (Å²) in [6.45, 7) is -0.156.